The first kappa shape index (κ1) is 16.7. The van der Waals surface area contributed by atoms with E-state index in [2.05, 4.69) is 4.98 Å². The van der Waals surface area contributed by atoms with Crippen LogP contribution in [0.2, 0.25) is 0 Å². The fraction of sp³-hybridized carbons (Fsp3) is 0.238. The lowest BCUT2D eigenvalue weighted by Crippen LogP contribution is -2.54. The van der Waals surface area contributed by atoms with Crippen molar-refractivity contribution in [3.8, 4) is 11.5 Å². The molecule has 6 rings (SSSR count). The minimum atomic E-state index is -0.465. The van der Waals surface area contributed by atoms with E-state index >= 15 is 0 Å². The van der Waals surface area contributed by atoms with E-state index in [9.17, 15) is 9.59 Å². The van der Waals surface area contributed by atoms with Gasteiger partial charge >= 0.3 is 5.97 Å². The van der Waals surface area contributed by atoms with Crippen molar-refractivity contribution in [1.82, 2.24) is 9.88 Å². The predicted octanol–water partition coefficient (Wildman–Crippen LogP) is 2.39. The quantitative estimate of drug-likeness (QED) is 0.608. The molecule has 28 heavy (non-hydrogen) atoms. The first-order valence-electron chi connectivity index (χ1n) is 9.10. The fourth-order valence-corrected chi connectivity index (χ4v) is 3.84. The summed E-state index contributed by atoms with van der Waals surface area (Å²) in [5, 5.41) is 1.13. The second kappa shape index (κ2) is 6.60. The molecule has 3 aliphatic heterocycles. The molecule has 0 spiro atoms. The van der Waals surface area contributed by atoms with E-state index in [-0.39, 0.29) is 18.5 Å². The number of aromatic nitrogens is 1. The summed E-state index contributed by atoms with van der Waals surface area (Å²) >= 11 is 0. The minimum absolute atomic E-state index is 0.117. The van der Waals surface area contributed by atoms with E-state index in [0.29, 0.717) is 19.8 Å². The zero-order chi connectivity index (χ0) is 19.1. The Morgan fingerprint density at radius 3 is 2.43 bits per heavy atom. The zero-order valence-corrected chi connectivity index (χ0v) is 15.0. The van der Waals surface area contributed by atoms with Gasteiger partial charge in [-0.3, -0.25) is 4.79 Å². The number of fused-ring (bicyclic) bond motifs is 5. The molecule has 1 amide bonds. The number of para-hydroxylation sites is 3. The van der Waals surface area contributed by atoms with Crippen LogP contribution in [0.5, 0.6) is 11.5 Å². The number of carbonyl (C=O) groups is 2. The van der Waals surface area contributed by atoms with Crippen LogP contribution in [-0.4, -0.2) is 41.2 Å². The molecular formula is C21H18N2O5. The highest BCUT2D eigenvalue weighted by molar-refractivity contribution is 5.93. The number of amides is 1. The van der Waals surface area contributed by atoms with Crippen LogP contribution in [0.1, 0.15) is 11.3 Å². The molecule has 1 unspecified atom stereocenters. The molecule has 0 bridgehead atoms. The molecule has 0 aliphatic carbocycles. The maximum Gasteiger partial charge on any atom is 0.329 e. The number of hydrogen-bond acceptors (Lipinski definition) is 5. The lowest BCUT2D eigenvalue weighted by molar-refractivity contribution is -0.170. The topological polar surface area (TPSA) is 80.9 Å². The third-order valence-corrected chi connectivity index (χ3v) is 5.21. The van der Waals surface area contributed by atoms with Gasteiger partial charge in [-0.2, -0.15) is 0 Å². The van der Waals surface area contributed by atoms with Gasteiger partial charge in [0.05, 0.1) is 6.54 Å². The highest BCUT2D eigenvalue weighted by Crippen LogP contribution is 2.32. The molecule has 1 fully saturated rings. The average molecular weight is 378 g/mol. The Labute approximate surface area is 160 Å². The Morgan fingerprint density at radius 2 is 1.64 bits per heavy atom. The number of cyclic esters (lactones) is 1. The van der Waals surface area contributed by atoms with Crippen LogP contribution in [0.15, 0.2) is 48.5 Å². The summed E-state index contributed by atoms with van der Waals surface area (Å²) in [5.74, 6) is 1.28. The lowest BCUT2D eigenvalue weighted by atomic mass is 9.96. The van der Waals surface area contributed by atoms with Gasteiger partial charge in [0.2, 0.25) is 6.79 Å². The number of hydrogen-bond donors (Lipinski definition) is 1. The zero-order valence-electron chi connectivity index (χ0n) is 15.0. The van der Waals surface area contributed by atoms with Crippen molar-refractivity contribution < 1.29 is 23.8 Å². The largest absolute Gasteiger partial charge is 0.454 e. The van der Waals surface area contributed by atoms with Gasteiger partial charge in [0.15, 0.2) is 18.1 Å². The summed E-state index contributed by atoms with van der Waals surface area (Å²) in [6, 6.07) is 15.2. The first-order chi connectivity index (χ1) is 13.7. The van der Waals surface area contributed by atoms with Crippen molar-refractivity contribution in [2.45, 2.75) is 19.0 Å². The maximum absolute atomic E-state index is 11.8. The average Bonchev–Trinajstić information content (AvgIpc) is 3.34. The van der Waals surface area contributed by atoms with Crippen LogP contribution in [0.25, 0.3) is 10.9 Å². The van der Waals surface area contributed by atoms with Crippen molar-refractivity contribution in [2.24, 2.45) is 0 Å². The van der Waals surface area contributed by atoms with Crippen LogP contribution in [-0.2, 0) is 27.3 Å². The highest BCUT2D eigenvalue weighted by Gasteiger charge is 2.40. The van der Waals surface area contributed by atoms with E-state index in [1.54, 1.807) is 4.90 Å². The van der Waals surface area contributed by atoms with Gasteiger partial charge in [0, 0.05) is 23.0 Å². The molecule has 4 heterocycles. The van der Waals surface area contributed by atoms with E-state index in [1.807, 2.05) is 48.5 Å². The monoisotopic (exact) mass is 378 g/mol. The number of aromatic amines is 1. The Bertz CT molecular complexity index is 1050. The van der Waals surface area contributed by atoms with Gasteiger partial charge < -0.3 is 24.1 Å². The molecule has 0 saturated carbocycles. The number of nitrogens with zero attached hydrogens (tertiary/aromatic N) is 1. The maximum atomic E-state index is 11.8. The molecule has 2 aromatic carbocycles. The van der Waals surface area contributed by atoms with Gasteiger partial charge in [0.1, 0.15) is 6.04 Å². The van der Waals surface area contributed by atoms with Crippen molar-refractivity contribution in [1.29, 1.82) is 0 Å². The summed E-state index contributed by atoms with van der Waals surface area (Å²) in [5.41, 5.74) is 3.21. The van der Waals surface area contributed by atoms with Crippen molar-refractivity contribution in [3.63, 3.8) is 0 Å². The van der Waals surface area contributed by atoms with Crippen LogP contribution < -0.4 is 9.47 Å². The molecule has 3 aliphatic rings. The smallest absolute Gasteiger partial charge is 0.329 e. The molecule has 7 heteroatoms. The number of nitrogens with one attached hydrogen (secondary N) is 1. The highest BCUT2D eigenvalue weighted by atomic mass is 16.7. The Hall–Kier alpha value is -3.48. The number of ether oxygens (including phenoxy) is 3. The first-order valence-corrected chi connectivity index (χ1v) is 9.10. The van der Waals surface area contributed by atoms with Crippen LogP contribution in [0.4, 0.5) is 0 Å². The lowest BCUT2D eigenvalue weighted by Gasteiger charge is -2.37. The molecule has 7 nitrogen and oxygen atoms in total. The number of benzene rings is 2. The van der Waals surface area contributed by atoms with E-state index < -0.39 is 6.04 Å². The standard InChI is InChI=1S/C14H12N2O3.C7H6O2/c17-13-7-19-14(18)12-5-9-8-3-1-2-4-10(8)15-11(9)6-16(12)13;1-2-4-7-6(3-1)8-5-9-7/h1-4,12,15H,5-7H2;1-4H,5H2. The fourth-order valence-electron chi connectivity index (χ4n) is 3.84. The van der Waals surface area contributed by atoms with Crippen molar-refractivity contribution in [2.75, 3.05) is 13.4 Å². The molecule has 3 aromatic rings. The Kier molecular flexibility index (Phi) is 3.93. The van der Waals surface area contributed by atoms with Gasteiger partial charge in [-0.05, 0) is 23.8 Å². The second-order valence-electron chi connectivity index (χ2n) is 6.83. The summed E-state index contributed by atoms with van der Waals surface area (Å²) in [6.07, 6.45) is 0.532. The summed E-state index contributed by atoms with van der Waals surface area (Å²) in [4.78, 5) is 28.6. The van der Waals surface area contributed by atoms with Crippen molar-refractivity contribution in [3.05, 3.63) is 59.8 Å². The molecule has 0 radical (unpaired) electrons. The SMILES string of the molecule is O=C1OCC(=O)N2Cc3[nH]c4ccccc4c3CC12.c1ccc2c(c1)OCO2. The second-order valence-corrected chi connectivity index (χ2v) is 6.83. The van der Waals surface area contributed by atoms with Crippen molar-refractivity contribution >= 4 is 22.8 Å². The summed E-state index contributed by atoms with van der Waals surface area (Å²) in [6.45, 7) is 0.687. The van der Waals surface area contributed by atoms with Crippen LogP contribution in [0, 0.1) is 0 Å². The van der Waals surface area contributed by atoms with Gasteiger partial charge in [-0.25, -0.2) is 4.79 Å². The number of H-pyrrole nitrogens is 1. The predicted molar refractivity (Wildman–Crippen MR) is 99.9 cm³/mol. The Balaban J connectivity index is 0.000000158. The molecule has 1 saturated heterocycles. The number of carbonyl (C=O) groups excluding carboxylic acids is 2. The third-order valence-electron chi connectivity index (χ3n) is 5.21. The van der Waals surface area contributed by atoms with E-state index in [0.717, 1.165) is 33.7 Å². The van der Waals surface area contributed by atoms with Gasteiger partial charge in [0.25, 0.3) is 5.91 Å². The number of esters is 1. The molecule has 1 N–H and O–H groups in total. The minimum Gasteiger partial charge on any atom is -0.454 e. The molecular weight excluding hydrogens is 360 g/mol. The summed E-state index contributed by atoms with van der Waals surface area (Å²) in [7, 11) is 0. The van der Waals surface area contributed by atoms with Crippen LogP contribution >= 0.6 is 0 Å². The number of morpholine rings is 1. The van der Waals surface area contributed by atoms with Gasteiger partial charge in [-0.1, -0.05) is 30.3 Å². The third kappa shape index (κ3) is 2.76. The normalized spacial score (nSPS) is 19.4. The van der Waals surface area contributed by atoms with E-state index in [4.69, 9.17) is 14.2 Å². The van der Waals surface area contributed by atoms with Crippen LogP contribution in [0.3, 0.4) is 0 Å². The molecule has 1 aromatic heterocycles. The van der Waals surface area contributed by atoms with E-state index in [1.165, 1.54) is 0 Å². The number of rotatable bonds is 0. The van der Waals surface area contributed by atoms with Gasteiger partial charge in [-0.15, -0.1) is 0 Å². The molecule has 142 valence electrons. The summed E-state index contributed by atoms with van der Waals surface area (Å²) < 4.78 is 15.1. The Morgan fingerprint density at radius 1 is 0.929 bits per heavy atom. The molecule has 1 atom stereocenters.